The van der Waals surface area contributed by atoms with Gasteiger partial charge in [-0.05, 0) is 78.6 Å². The Hall–Kier alpha value is -0.830. The van der Waals surface area contributed by atoms with Gasteiger partial charge in [-0.2, -0.15) is 0 Å². The standard InChI is InChI=1S/C23H34O2S/c1-23(2,3)13-21-17-9-19-11-18(21)12-20(10-17)22(19)15-26(24,25)14-16-7-5-4-6-8-16/h4-8,17-22H,9-15H2,1-3H3. The molecule has 0 heterocycles. The van der Waals surface area contributed by atoms with Crippen LogP contribution in [0.15, 0.2) is 30.3 Å². The van der Waals surface area contributed by atoms with E-state index >= 15 is 0 Å². The number of hydrogen-bond donors (Lipinski definition) is 0. The molecular weight excluding hydrogens is 340 g/mol. The van der Waals surface area contributed by atoms with E-state index in [-0.39, 0.29) is 5.75 Å². The van der Waals surface area contributed by atoms with Gasteiger partial charge in [0.25, 0.3) is 0 Å². The summed E-state index contributed by atoms with van der Waals surface area (Å²) in [6, 6.07) is 9.69. The molecule has 4 bridgehead atoms. The van der Waals surface area contributed by atoms with E-state index in [1.807, 2.05) is 30.3 Å². The lowest BCUT2D eigenvalue weighted by molar-refractivity contribution is -0.0838. The molecule has 26 heavy (non-hydrogen) atoms. The Bertz CT molecular complexity index is 699. The number of benzene rings is 1. The molecule has 2 nitrogen and oxygen atoms in total. The third-order valence-corrected chi connectivity index (χ3v) is 9.03. The minimum absolute atomic E-state index is 0.212. The number of rotatable bonds is 5. The topological polar surface area (TPSA) is 34.1 Å². The van der Waals surface area contributed by atoms with Crippen LogP contribution in [0.4, 0.5) is 0 Å². The van der Waals surface area contributed by atoms with Gasteiger partial charge in [-0.1, -0.05) is 51.1 Å². The molecular formula is C23H34O2S. The van der Waals surface area contributed by atoms with Gasteiger partial charge >= 0.3 is 0 Å². The summed E-state index contributed by atoms with van der Waals surface area (Å²) >= 11 is 0. The van der Waals surface area contributed by atoms with Crippen molar-refractivity contribution >= 4 is 9.84 Å². The predicted molar refractivity (Wildman–Crippen MR) is 107 cm³/mol. The second-order valence-electron chi connectivity index (χ2n) is 10.6. The zero-order chi connectivity index (χ0) is 18.5. The first-order chi connectivity index (χ1) is 12.2. The Kier molecular flexibility index (Phi) is 4.74. The molecule has 4 fully saturated rings. The summed E-state index contributed by atoms with van der Waals surface area (Å²) in [6.07, 6.45) is 6.51. The highest BCUT2D eigenvalue weighted by atomic mass is 32.2. The number of hydrogen-bond acceptors (Lipinski definition) is 2. The lowest BCUT2D eigenvalue weighted by Gasteiger charge is -2.59. The van der Waals surface area contributed by atoms with Crippen molar-refractivity contribution in [1.29, 1.82) is 0 Å². The smallest absolute Gasteiger partial charge is 0.154 e. The van der Waals surface area contributed by atoms with E-state index in [0.29, 0.717) is 28.9 Å². The fraction of sp³-hybridized carbons (Fsp3) is 0.739. The Balaban J connectivity index is 1.43. The summed E-state index contributed by atoms with van der Waals surface area (Å²) < 4.78 is 25.7. The second-order valence-corrected chi connectivity index (χ2v) is 12.7. The molecule has 5 rings (SSSR count). The average molecular weight is 375 g/mol. The van der Waals surface area contributed by atoms with Crippen LogP contribution >= 0.6 is 0 Å². The minimum atomic E-state index is -3.02. The summed E-state index contributed by atoms with van der Waals surface area (Å²) in [5.41, 5.74) is 1.35. The SMILES string of the molecule is CC(C)(C)CC1C2CC3CC1CC(C2)C3CS(=O)(=O)Cc1ccccc1. The fourth-order valence-corrected chi connectivity index (χ4v) is 8.55. The third kappa shape index (κ3) is 3.88. The predicted octanol–water partition coefficient (Wildman–Crippen LogP) is 5.34. The molecule has 144 valence electrons. The van der Waals surface area contributed by atoms with Crippen LogP contribution < -0.4 is 0 Å². The lowest BCUT2D eigenvalue weighted by atomic mass is 9.47. The maximum absolute atomic E-state index is 12.8. The van der Waals surface area contributed by atoms with Crippen LogP contribution in [0.2, 0.25) is 0 Å². The summed E-state index contributed by atoms with van der Waals surface area (Å²) in [4.78, 5) is 0. The van der Waals surface area contributed by atoms with Crippen molar-refractivity contribution in [3.8, 4) is 0 Å². The summed E-state index contributed by atoms with van der Waals surface area (Å²) in [7, 11) is -3.02. The monoisotopic (exact) mass is 374 g/mol. The zero-order valence-electron chi connectivity index (χ0n) is 16.5. The first-order valence-electron chi connectivity index (χ1n) is 10.4. The zero-order valence-corrected chi connectivity index (χ0v) is 17.3. The van der Waals surface area contributed by atoms with Crippen molar-refractivity contribution in [3.05, 3.63) is 35.9 Å². The van der Waals surface area contributed by atoms with Crippen molar-refractivity contribution in [1.82, 2.24) is 0 Å². The summed E-state index contributed by atoms with van der Waals surface area (Å²) in [5, 5.41) is 0. The van der Waals surface area contributed by atoms with E-state index in [1.54, 1.807) is 0 Å². The molecule has 0 saturated heterocycles. The van der Waals surface area contributed by atoms with Gasteiger partial charge in [-0.3, -0.25) is 0 Å². The molecule has 0 atom stereocenters. The van der Waals surface area contributed by atoms with Gasteiger partial charge in [0.05, 0.1) is 11.5 Å². The van der Waals surface area contributed by atoms with Crippen molar-refractivity contribution in [2.24, 2.45) is 40.9 Å². The molecule has 0 amide bonds. The molecule has 4 saturated carbocycles. The molecule has 0 radical (unpaired) electrons. The van der Waals surface area contributed by atoms with Gasteiger partial charge in [0, 0.05) is 0 Å². The Morgan fingerprint density at radius 3 is 1.85 bits per heavy atom. The van der Waals surface area contributed by atoms with E-state index in [2.05, 4.69) is 20.8 Å². The highest BCUT2D eigenvalue weighted by Gasteiger charge is 2.53. The first-order valence-corrected chi connectivity index (χ1v) is 12.3. The third-order valence-electron chi connectivity index (χ3n) is 7.37. The molecule has 1 aromatic carbocycles. The normalized spacial score (nSPS) is 36.4. The molecule has 3 heteroatoms. The van der Waals surface area contributed by atoms with Crippen LogP contribution in [0.5, 0.6) is 0 Å². The van der Waals surface area contributed by atoms with E-state index in [9.17, 15) is 8.42 Å². The van der Waals surface area contributed by atoms with Crippen molar-refractivity contribution in [2.45, 2.75) is 58.6 Å². The van der Waals surface area contributed by atoms with Crippen LogP contribution in [0.1, 0.15) is 58.4 Å². The summed E-state index contributed by atoms with van der Waals surface area (Å²) in [6.45, 7) is 7.12. The van der Waals surface area contributed by atoms with Crippen molar-refractivity contribution in [2.75, 3.05) is 5.75 Å². The van der Waals surface area contributed by atoms with Crippen molar-refractivity contribution in [3.63, 3.8) is 0 Å². The lowest BCUT2D eigenvalue weighted by Crippen LogP contribution is -2.52. The largest absolute Gasteiger partial charge is 0.228 e. The number of sulfone groups is 1. The maximum Gasteiger partial charge on any atom is 0.154 e. The van der Waals surface area contributed by atoms with Gasteiger partial charge in [-0.25, -0.2) is 8.42 Å². The van der Waals surface area contributed by atoms with Crippen LogP contribution in [0.3, 0.4) is 0 Å². The highest BCUT2D eigenvalue weighted by molar-refractivity contribution is 7.90. The van der Waals surface area contributed by atoms with Crippen LogP contribution in [0, 0.1) is 40.9 Å². The Labute approximate surface area is 159 Å². The molecule has 0 spiro atoms. The van der Waals surface area contributed by atoms with Gasteiger partial charge in [-0.15, -0.1) is 0 Å². The molecule has 0 unspecified atom stereocenters. The second kappa shape index (κ2) is 6.65. The van der Waals surface area contributed by atoms with Crippen molar-refractivity contribution < 1.29 is 8.42 Å². The molecule has 0 aliphatic heterocycles. The molecule has 4 aliphatic carbocycles. The van der Waals surface area contributed by atoms with Gasteiger partial charge in [0.2, 0.25) is 0 Å². The molecule has 0 aromatic heterocycles. The fourth-order valence-electron chi connectivity index (χ4n) is 6.60. The molecule has 0 N–H and O–H groups in total. The van der Waals surface area contributed by atoms with E-state index in [4.69, 9.17) is 0 Å². The molecule has 1 aromatic rings. The van der Waals surface area contributed by atoms with Crippen LogP contribution in [-0.2, 0) is 15.6 Å². The minimum Gasteiger partial charge on any atom is -0.228 e. The van der Waals surface area contributed by atoms with E-state index in [1.165, 1.54) is 32.1 Å². The van der Waals surface area contributed by atoms with Gasteiger partial charge in [0.15, 0.2) is 9.84 Å². The average Bonchev–Trinajstić information content (AvgIpc) is 2.51. The Morgan fingerprint density at radius 2 is 1.35 bits per heavy atom. The van der Waals surface area contributed by atoms with Gasteiger partial charge in [0.1, 0.15) is 0 Å². The first kappa shape index (κ1) is 18.5. The molecule has 4 aliphatic rings. The summed E-state index contributed by atoms with van der Waals surface area (Å²) in [5.74, 6) is 5.01. The van der Waals surface area contributed by atoms with E-state index in [0.717, 1.165) is 23.3 Å². The maximum atomic E-state index is 12.8. The quantitative estimate of drug-likeness (QED) is 0.697. The van der Waals surface area contributed by atoms with Crippen LogP contribution in [0.25, 0.3) is 0 Å². The Morgan fingerprint density at radius 1 is 0.846 bits per heavy atom. The van der Waals surface area contributed by atoms with Crippen LogP contribution in [-0.4, -0.2) is 14.2 Å². The van der Waals surface area contributed by atoms with E-state index < -0.39 is 9.84 Å². The van der Waals surface area contributed by atoms with Gasteiger partial charge < -0.3 is 0 Å². The highest BCUT2D eigenvalue weighted by Crippen LogP contribution is 2.61.